The molecule has 0 saturated heterocycles. The molecule has 2 nitrogen and oxygen atoms in total. The zero-order chi connectivity index (χ0) is 12.5. The van der Waals surface area contributed by atoms with E-state index in [1.54, 1.807) is 11.3 Å². The Kier molecular flexibility index (Phi) is 3.88. The van der Waals surface area contributed by atoms with Gasteiger partial charge >= 0.3 is 0 Å². The van der Waals surface area contributed by atoms with Crippen molar-refractivity contribution in [1.82, 2.24) is 4.98 Å². The molecule has 3 heteroatoms. The Hall–Kier alpha value is -0.410. The van der Waals surface area contributed by atoms with Gasteiger partial charge in [-0.15, -0.1) is 11.3 Å². The Labute approximate surface area is 108 Å². The van der Waals surface area contributed by atoms with Crippen LogP contribution < -0.4 is 0 Å². The Morgan fingerprint density at radius 1 is 1.41 bits per heavy atom. The molecular weight excluding hydrogens is 230 g/mol. The van der Waals surface area contributed by atoms with Crippen LogP contribution in [0.15, 0.2) is 0 Å². The molecule has 1 aromatic rings. The van der Waals surface area contributed by atoms with Gasteiger partial charge in [-0.3, -0.25) is 0 Å². The molecule has 1 aliphatic carbocycles. The molecule has 17 heavy (non-hydrogen) atoms. The van der Waals surface area contributed by atoms with Gasteiger partial charge in [-0.25, -0.2) is 4.98 Å². The van der Waals surface area contributed by atoms with Crippen molar-refractivity contribution in [3.05, 3.63) is 15.6 Å². The van der Waals surface area contributed by atoms with Crippen LogP contribution in [0.5, 0.6) is 0 Å². The summed E-state index contributed by atoms with van der Waals surface area (Å²) in [7, 11) is 0. The molecule has 1 heterocycles. The Morgan fingerprint density at radius 2 is 2.18 bits per heavy atom. The first-order valence-corrected chi connectivity index (χ1v) is 7.52. The van der Waals surface area contributed by atoms with Gasteiger partial charge in [-0.1, -0.05) is 26.2 Å². The van der Waals surface area contributed by atoms with Crippen molar-refractivity contribution in [2.75, 3.05) is 0 Å². The maximum absolute atomic E-state index is 10.9. The number of rotatable bonds is 3. The molecule has 1 saturated carbocycles. The normalized spacial score (nSPS) is 29.5. The molecule has 2 rings (SSSR count). The van der Waals surface area contributed by atoms with Crippen LogP contribution in [0.2, 0.25) is 0 Å². The number of aromatic nitrogens is 1. The molecule has 2 atom stereocenters. The van der Waals surface area contributed by atoms with Crippen molar-refractivity contribution < 1.29 is 5.11 Å². The third-order valence-corrected chi connectivity index (χ3v) is 5.27. The second-order valence-corrected chi connectivity index (χ2v) is 6.67. The van der Waals surface area contributed by atoms with Crippen molar-refractivity contribution in [3.8, 4) is 0 Å². The van der Waals surface area contributed by atoms with E-state index in [0.717, 1.165) is 36.4 Å². The van der Waals surface area contributed by atoms with E-state index in [4.69, 9.17) is 0 Å². The number of nitrogens with zero attached hydrogens (tertiary/aromatic N) is 1. The minimum Gasteiger partial charge on any atom is -0.389 e. The van der Waals surface area contributed by atoms with Crippen molar-refractivity contribution >= 4 is 11.3 Å². The van der Waals surface area contributed by atoms with Crippen LogP contribution in [-0.2, 0) is 6.42 Å². The first kappa shape index (κ1) is 13.0. The molecule has 0 amide bonds. The fourth-order valence-electron chi connectivity index (χ4n) is 2.99. The molecule has 1 fully saturated rings. The highest BCUT2D eigenvalue weighted by Gasteiger charge is 2.38. The van der Waals surface area contributed by atoms with E-state index in [-0.39, 0.29) is 0 Å². The Bertz CT molecular complexity index is 368. The molecule has 96 valence electrons. The predicted octanol–water partition coefficient (Wildman–Crippen LogP) is 3.63. The monoisotopic (exact) mass is 253 g/mol. The van der Waals surface area contributed by atoms with E-state index in [0.29, 0.717) is 5.92 Å². The summed E-state index contributed by atoms with van der Waals surface area (Å²) in [6, 6.07) is 0. The van der Waals surface area contributed by atoms with Crippen molar-refractivity contribution in [3.63, 3.8) is 0 Å². The van der Waals surface area contributed by atoms with E-state index >= 15 is 0 Å². The molecule has 0 aliphatic heterocycles. The molecular formula is C14H23NOS. The summed E-state index contributed by atoms with van der Waals surface area (Å²) in [5.74, 6) is 0.459. The van der Waals surface area contributed by atoms with Gasteiger partial charge in [0.2, 0.25) is 0 Å². The van der Waals surface area contributed by atoms with Gasteiger partial charge in [-0.2, -0.15) is 0 Å². The van der Waals surface area contributed by atoms with E-state index in [1.165, 1.54) is 17.7 Å². The van der Waals surface area contributed by atoms with E-state index in [2.05, 4.69) is 25.8 Å². The Morgan fingerprint density at radius 3 is 2.76 bits per heavy atom. The lowest BCUT2D eigenvalue weighted by Crippen LogP contribution is -2.42. The maximum Gasteiger partial charge on any atom is 0.0959 e. The zero-order valence-corrected chi connectivity index (χ0v) is 11.9. The van der Waals surface area contributed by atoms with Crippen molar-refractivity contribution in [1.29, 1.82) is 0 Å². The molecule has 0 spiro atoms. The third-order valence-electron chi connectivity index (χ3n) is 4.20. The number of aliphatic hydroxyl groups is 1. The average Bonchev–Trinajstić information content (AvgIpc) is 2.57. The summed E-state index contributed by atoms with van der Waals surface area (Å²) < 4.78 is 0. The van der Waals surface area contributed by atoms with Gasteiger partial charge in [0, 0.05) is 11.3 Å². The quantitative estimate of drug-likeness (QED) is 0.892. The molecule has 1 aromatic heterocycles. The number of thiazole rings is 1. The summed E-state index contributed by atoms with van der Waals surface area (Å²) in [6.07, 6.45) is 6.40. The molecule has 2 unspecified atom stereocenters. The largest absolute Gasteiger partial charge is 0.389 e. The van der Waals surface area contributed by atoms with Crippen LogP contribution in [0, 0.1) is 19.8 Å². The van der Waals surface area contributed by atoms with Gasteiger partial charge in [0.25, 0.3) is 0 Å². The minimum absolute atomic E-state index is 0.459. The third kappa shape index (κ3) is 2.71. The lowest BCUT2D eigenvalue weighted by Gasteiger charge is -2.39. The standard InChI is InChI=1S/C14H23NOS/c1-4-12-7-5-6-8-14(12,16)9-13-15-10(2)11(3)17-13/h12,16H,4-9H2,1-3H3. The van der Waals surface area contributed by atoms with Gasteiger partial charge < -0.3 is 5.11 Å². The number of aryl methyl sites for hydroxylation is 2. The van der Waals surface area contributed by atoms with E-state index in [9.17, 15) is 5.11 Å². The Balaban J connectivity index is 2.14. The lowest BCUT2D eigenvalue weighted by atomic mass is 9.72. The lowest BCUT2D eigenvalue weighted by molar-refractivity contribution is -0.0491. The average molecular weight is 253 g/mol. The fraction of sp³-hybridized carbons (Fsp3) is 0.786. The van der Waals surface area contributed by atoms with Crippen LogP contribution in [0.25, 0.3) is 0 Å². The fourth-order valence-corrected chi connectivity index (χ4v) is 4.04. The topological polar surface area (TPSA) is 33.1 Å². The summed E-state index contributed by atoms with van der Waals surface area (Å²) in [5.41, 5.74) is 0.626. The van der Waals surface area contributed by atoms with E-state index < -0.39 is 5.60 Å². The highest BCUT2D eigenvalue weighted by molar-refractivity contribution is 7.11. The van der Waals surface area contributed by atoms with Crippen LogP contribution in [-0.4, -0.2) is 15.7 Å². The number of hydrogen-bond donors (Lipinski definition) is 1. The van der Waals surface area contributed by atoms with Crippen LogP contribution >= 0.6 is 11.3 Å². The summed E-state index contributed by atoms with van der Waals surface area (Å²) >= 11 is 1.75. The first-order chi connectivity index (χ1) is 8.05. The second-order valence-electron chi connectivity index (χ2n) is 5.38. The molecule has 1 aliphatic rings. The minimum atomic E-state index is -0.496. The van der Waals surface area contributed by atoms with Crippen LogP contribution in [0.3, 0.4) is 0 Å². The second kappa shape index (κ2) is 5.07. The molecule has 1 N–H and O–H groups in total. The maximum atomic E-state index is 10.9. The smallest absolute Gasteiger partial charge is 0.0959 e. The number of hydrogen-bond acceptors (Lipinski definition) is 3. The van der Waals surface area contributed by atoms with Crippen molar-refractivity contribution in [2.45, 2.75) is 64.9 Å². The molecule has 0 radical (unpaired) electrons. The summed E-state index contributed by atoms with van der Waals surface area (Å²) in [6.45, 7) is 6.36. The van der Waals surface area contributed by atoms with Crippen molar-refractivity contribution in [2.24, 2.45) is 5.92 Å². The summed E-state index contributed by atoms with van der Waals surface area (Å²) in [4.78, 5) is 5.86. The van der Waals surface area contributed by atoms with Crippen LogP contribution in [0.1, 0.15) is 54.6 Å². The molecule has 0 aromatic carbocycles. The SMILES string of the molecule is CCC1CCCCC1(O)Cc1nc(C)c(C)s1. The summed E-state index contributed by atoms with van der Waals surface area (Å²) in [5, 5.41) is 12.0. The zero-order valence-electron chi connectivity index (χ0n) is 11.1. The predicted molar refractivity (Wildman–Crippen MR) is 72.5 cm³/mol. The van der Waals surface area contributed by atoms with Gasteiger partial charge in [0.15, 0.2) is 0 Å². The van der Waals surface area contributed by atoms with Crippen LogP contribution in [0.4, 0.5) is 0 Å². The highest BCUT2D eigenvalue weighted by atomic mass is 32.1. The van der Waals surface area contributed by atoms with Gasteiger partial charge in [0.05, 0.1) is 16.3 Å². The van der Waals surface area contributed by atoms with E-state index in [1.807, 2.05) is 0 Å². The van der Waals surface area contributed by atoms with Gasteiger partial charge in [0.1, 0.15) is 0 Å². The first-order valence-electron chi connectivity index (χ1n) is 6.70. The molecule has 0 bridgehead atoms. The highest BCUT2D eigenvalue weighted by Crippen LogP contribution is 2.38. The van der Waals surface area contributed by atoms with Gasteiger partial charge in [-0.05, 0) is 32.6 Å².